The molecule has 8 heteroatoms. The summed E-state index contributed by atoms with van der Waals surface area (Å²) in [6, 6.07) is 8.36. The van der Waals surface area contributed by atoms with Crippen molar-refractivity contribution in [3.63, 3.8) is 0 Å². The topological polar surface area (TPSA) is 101 Å². The fourth-order valence-electron chi connectivity index (χ4n) is 2.28. The Kier molecular flexibility index (Phi) is 3.95. The number of aromatic nitrogens is 4. The van der Waals surface area contributed by atoms with Gasteiger partial charge in [-0.1, -0.05) is 11.3 Å². The van der Waals surface area contributed by atoms with Crippen molar-refractivity contribution >= 4 is 5.97 Å². The van der Waals surface area contributed by atoms with Gasteiger partial charge in [0.25, 0.3) is 5.88 Å². The number of ether oxygens (including phenoxy) is 1. The molecule has 1 aromatic carbocycles. The van der Waals surface area contributed by atoms with E-state index in [1.54, 1.807) is 44.2 Å². The number of carbonyl (C=O) groups is 1. The molecule has 2 aromatic heterocycles. The number of halogens is 1. The number of aromatic amines is 1. The van der Waals surface area contributed by atoms with E-state index in [0.29, 0.717) is 22.6 Å². The van der Waals surface area contributed by atoms with Crippen LogP contribution >= 0.6 is 0 Å². The largest absolute Gasteiger partial charge is 0.476 e. The third kappa shape index (κ3) is 2.94. The number of aryl methyl sites for hydroxylation is 2. The van der Waals surface area contributed by atoms with Crippen molar-refractivity contribution in [1.29, 1.82) is 0 Å². The normalized spacial score (nSPS) is 10.6. The highest BCUT2D eigenvalue weighted by Crippen LogP contribution is 2.30. The maximum absolute atomic E-state index is 14.0. The van der Waals surface area contributed by atoms with E-state index in [2.05, 4.69) is 20.4 Å². The summed E-state index contributed by atoms with van der Waals surface area (Å²) in [5.74, 6) is -1.49. The minimum absolute atomic E-state index is 0.0715. The summed E-state index contributed by atoms with van der Waals surface area (Å²) in [4.78, 5) is 14.8. The lowest BCUT2D eigenvalue weighted by Crippen LogP contribution is -2.00. The molecule has 0 spiro atoms. The Hall–Kier alpha value is -3.29. The zero-order valence-corrected chi connectivity index (χ0v) is 12.9. The summed E-state index contributed by atoms with van der Waals surface area (Å²) in [7, 11) is 0. The molecule has 2 heterocycles. The van der Waals surface area contributed by atoms with Crippen molar-refractivity contribution < 1.29 is 19.0 Å². The molecule has 0 unspecified atom stereocenters. The highest BCUT2D eigenvalue weighted by atomic mass is 19.1. The molecule has 0 aliphatic rings. The number of nitrogens with zero attached hydrogens (tertiary/aromatic N) is 3. The average molecular weight is 328 g/mol. The van der Waals surface area contributed by atoms with Gasteiger partial charge in [0.15, 0.2) is 0 Å². The predicted molar refractivity (Wildman–Crippen MR) is 82.5 cm³/mol. The molecule has 0 radical (unpaired) electrons. The van der Waals surface area contributed by atoms with Crippen LogP contribution < -0.4 is 4.74 Å². The van der Waals surface area contributed by atoms with Crippen LogP contribution in [0.5, 0.6) is 11.6 Å². The number of hydrogen-bond acceptors (Lipinski definition) is 5. The minimum atomic E-state index is -1.25. The predicted octanol–water partition coefficient (Wildman–Crippen LogP) is 3.11. The maximum Gasteiger partial charge on any atom is 0.362 e. The molecule has 3 rings (SSSR count). The average Bonchev–Trinajstić information content (AvgIpc) is 2.97. The van der Waals surface area contributed by atoms with Crippen molar-refractivity contribution in [3.8, 4) is 22.8 Å². The van der Waals surface area contributed by atoms with Crippen LogP contribution in [0.3, 0.4) is 0 Å². The lowest BCUT2D eigenvalue weighted by atomic mass is 10.0. The van der Waals surface area contributed by atoms with E-state index in [1.165, 1.54) is 0 Å². The standard InChI is InChI=1S/C16H13FN4O3/c1-8-7-10(24-15-13(16(22)23)19-21-20-15)4-6-11(8)12-5-3-9(2)18-14(12)17/h3-7H,1-2H3,(H,22,23)(H,19,20,21). The van der Waals surface area contributed by atoms with Gasteiger partial charge >= 0.3 is 5.97 Å². The van der Waals surface area contributed by atoms with Gasteiger partial charge in [-0.05, 0) is 49.2 Å². The van der Waals surface area contributed by atoms with Crippen molar-refractivity contribution in [2.24, 2.45) is 0 Å². The first-order valence-corrected chi connectivity index (χ1v) is 7.02. The summed E-state index contributed by atoms with van der Waals surface area (Å²) < 4.78 is 19.5. The Morgan fingerprint density at radius 2 is 1.96 bits per heavy atom. The van der Waals surface area contributed by atoms with Gasteiger partial charge in [0.2, 0.25) is 11.6 Å². The highest BCUT2D eigenvalue weighted by Gasteiger charge is 2.17. The molecule has 3 aromatic rings. The van der Waals surface area contributed by atoms with Crippen LogP contribution in [0.4, 0.5) is 4.39 Å². The molecule has 0 amide bonds. The lowest BCUT2D eigenvalue weighted by Gasteiger charge is -2.10. The zero-order chi connectivity index (χ0) is 17.3. The van der Waals surface area contributed by atoms with Crippen molar-refractivity contribution in [2.75, 3.05) is 0 Å². The summed E-state index contributed by atoms with van der Waals surface area (Å²) >= 11 is 0. The third-order valence-corrected chi connectivity index (χ3v) is 3.42. The SMILES string of the molecule is Cc1ccc(-c2ccc(Oc3[nH]nnc3C(=O)O)cc2C)c(F)n1. The molecule has 0 bridgehead atoms. The van der Waals surface area contributed by atoms with E-state index in [0.717, 1.165) is 5.56 Å². The third-order valence-electron chi connectivity index (χ3n) is 3.42. The summed E-state index contributed by atoms with van der Waals surface area (Å²) in [6.45, 7) is 3.51. The van der Waals surface area contributed by atoms with Crippen LogP contribution in [0.25, 0.3) is 11.1 Å². The Bertz CT molecular complexity index is 923. The highest BCUT2D eigenvalue weighted by molar-refractivity contribution is 5.87. The van der Waals surface area contributed by atoms with Crippen molar-refractivity contribution in [3.05, 3.63) is 53.2 Å². The van der Waals surface area contributed by atoms with Gasteiger partial charge in [-0.25, -0.2) is 14.9 Å². The minimum Gasteiger partial charge on any atom is -0.476 e. The van der Waals surface area contributed by atoms with E-state index in [1.807, 2.05) is 0 Å². The number of pyridine rings is 1. The van der Waals surface area contributed by atoms with Crippen molar-refractivity contribution in [1.82, 2.24) is 20.4 Å². The van der Waals surface area contributed by atoms with Crippen LogP contribution in [0, 0.1) is 19.8 Å². The first-order chi connectivity index (χ1) is 11.5. The molecule has 0 aliphatic heterocycles. The summed E-state index contributed by atoms with van der Waals surface area (Å²) in [5.41, 5.74) is 2.10. The second-order valence-corrected chi connectivity index (χ2v) is 5.16. The molecule has 0 fully saturated rings. The van der Waals surface area contributed by atoms with E-state index in [9.17, 15) is 9.18 Å². The molecule has 2 N–H and O–H groups in total. The monoisotopic (exact) mass is 328 g/mol. The molecule has 0 saturated heterocycles. The zero-order valence-electron chi connectivity index (χ0n) is 12.9. The first kappa shape index (κ1) is 15.6. The molecular formula is C16H13FN4O3. The van der Waals surface area contributed by atoms with Crippen LogP contribution in [0.1, 0.15) is 21.7 Å². The number of nitrogens with one attached hydrogen (secondary N) is 1. The maximum atomic E-state index is 14.0. The molecule has 24 heavy (non-hydrogen) atoms. The molecule has 0 saturated carbocycles. The number of carboxylic acid groups (broad SMARTS) is 1. The van der Waals surface area contributed by atoms with E-state index >= 15 is 0 Å². The number of aromatic carboxylic acids is 1. The fourth-order valence-corrected chi connectivity index (χ4v) is 2.28. The molecule has 0 atom stereocenters. The van der Waals surface area contributed by atoms with E-state index < -0.39 is 11.9 Å². The Morgan fingerprint density at radius 1 is 1.21 bits per heavy atom. The van der Waals surface area contributed by atoms with Crippen LogP contribution in [0.2, 0.25) is 0 Å². The fraction of sp³-hybridized carbons (Fsp3) is 0.125. The van der Waals surface area contributed by atoms with E-state index in [-0.39, 0.29) is 11.6 Å². The van der Waals surface area contributed by atoms with Crippen molar-refractivity contribution in [2.45, 2.75) is 13.8 Å². The smallest absolute Gasteiger partial charge is 0.362 e. The van der Waals surface area contributed by atoms with Crippen LogP contribution in [0.15, 0.2) is 30.3 Å². The van der Waals surface area contributed by atoms with Crippen LogP contribution in [-0.4, -0.2) is 31.5 Å². The lowest BCUT2D eigenvalue weighted by molar-refractivity contribution is 0.0687. The number of rotatable bonds is 4. The number of carboxylic acids is 1. The second kappa shape index (κ2) is 6.07. The van der Waals surface area contributed by atoms with Crippen LogP contribution in [-0.2, 0) is 0 Å². The molecule has 7 nitrogen and oxygen atoms in total. The van der Waals surface area contributed by atoms with Gasteiger partial charge in [-0.15, -0.1) is 5.10 Å². The summed E-state index contributed by atoms with van der Waals surface area (Å²) in [5, 5.41) is 18.2. The van der Waals surface area contributed by atoms with Gasteiger partial charge in [-0.2, -0.15) is 4.39 Å². The quantitative estimate of drug-likeness (QED) is 0.714. The summed E-state index contributed by atoms with van der Waals surface area (Å²) in [6.07, 6.45) is 0. The van der Waals surface area contributed by atoms with Gasteiger partial charge in [0, 0.05) is 11.3 Å². The first-order valence-electron chi connectivity index (χ1n) is 7.02. The Balaban J connectivity index is 1.92. The van der Waals surface area contributed by atoms with Gasteiger partial charge in [-0.3, -0.25) is 0 Å². The molecular weight excluding hydrogens is 315 g/mol. The van der Waals surface area contributed by atoms with E-state index in [4.69, 9.17) is 9.84 Å². The molecule has 0 aliphatic carbocycles. The Labute approximate surface area is 136 Å². The Morgan fingerprint density at radius 3 is 2.62 bits per heavy atom. The number of hydrogen-bond donors (Lipinski definition) is 2. The molecule has 122 valence electrons. The second-order valence-electron chi connectivity index (χ2n) is 5.16. The van der Waals surface area contributed by atoms with Gasteiger partial charge < -0.3 is 9.84 Å². The number of benzene rings is 1. The number of H-pyrrole nitrogens is 1. The van der Waals surface area contributed by atoms with Gasteiger partial charge in [0.1, 0.15) is 5.75 Å². The van der Waals surface area contributed by atoms with Gasteiger partial charge in [0.05, 0.1) is 0 Å².